The molecule has 0 rings (SSSR count). The van der Waals surface area contributed by atoms with Gasteiger partial charge in [0.15, 0.2) is 8.32 Å². The van der Waals surface area contributed by atoms with Crippen LogP contribution in [0.15, 0.2) is 0 Å². The van der Waals surface area contributed by atoms with Crippen LogP contribution < -0.4 is 0 Å². The number of unbranched alkanes of at least 4 members (excludes halogenated alkanes) is 12. The Bertz CT molecular complexity index is 248. The Morgan fingerprint density at radius 3 is 1.19 bits per heavy atom. The van der Waals surface area contributed by atoms with E-state index in [0.717, 1.165) is 13.2 Å². The average molecular weight is 401 g/mol. The van der Waals surface area contributed by atoms with Gasteiger partial charge in [0.2, 0.25) is 0 Å². The lowest BCUT2D eigenvalue weighted by Crippen LogP contribution is -2.39. The molecule has 0 N–H and O–H groups in total. The molecule has 2 nitrogen and oxygen atoms in total. The van der Waals surface area contributed by atoms with Crippen molar-refractivity contribution in [3.05, 3.63) is 0 Å². The van der Waals surface area contributed by atoms with Gasteiger partial charge in [-0.25, -0.2) is 0 Å². The standard InChI is InChI=1S/C24H52O2Si/c1-5-8-11-14-17-22-27(26-21-20-25-4,23-18-15-12-9-6-2)24-19-16-13-10-7-3/h5-24H2,1-4H3. The topological polar surface area (TPSA) is 18.5 Å². The maximum atomic E-state index is 6.70. The monoisotopic (exact) mass is 400 g/mol. The molecule has 0 bridgehead atoms. The maximum absolute atomic E-state index is 6.70. The maximum Gasteiger partial charge on any atom is 0.192 e. The second-order valence-electron chi connectivity index (χ2n) is 8.52. The van der Waals surface area contributed by atoms with E-state index in [0.29, 0.717) is 0 Å². The lowest BCUT2D eigenvalue weighted by Gasteiger charge is -2.32. The summed E-state index contributed by atoms with van der Waals surface area (Å²) in [6, 6.07) is 4.17. The van der Waals surface area contributed by atoms with E-state index in [2.05, 4.69) is 20.8 Å². The van der Waals surface area contributed by atoms with E-state index >= 15 is 0 Å². The molecule has 0 heterocycles. The molecular formula is C24H52O2Si. The zero-order valence-electron chi connectivity index (χ0n) is 19.5. The minimum atomic E-state index is -1.59. The zero-order chi connectivity index (χ0) is 20.1. The molecule has 0 atom stereocenters. The minimum absolute atomic E-state index is 0.760. The van der Waals surface area contributed by atoms with Crippen molar-refractivity contribution in [1.82, 2.24) is 0 Å². The number of hydrogen-bond donors (Lipinski definition) is 0. The summed E-state index contributed by atoms with van der Waals surface area (Å²) in [6.07, 6.45) is 20.8. The van der Waals surface area contributed by atoms with Crippen LogP contribution in [0.25, 0.3) is 0 Å². The number of ether oxygens (including phenoxy) is 1. The van der Waals surface area contributed by atoms with E-state index in [1.54, 1.807) is 7.11 Å². The van der Waals surface area contributed by atoms with Crippen LogP contribution in [0.3, 0.4) is 0 Å². The van der Waals surface area contributed by atoms with Crippen molar-refractivity contribution < 1.29 is 9.16 Å². The van der Waals surface area contributed by atoms with Crippen LogP contribution in [0.5, 0.6) is 0 Å². The summed E-state index contributed by atoms with van der Waals surface area (Å²) in [7, 11) is 0.205. The Hall–Kier alpha value is 0.137. The van der Waals surface area contributed by atoms with Crippen molar-refractivity contribution in [3.8, 4) is 0 Å². The quantitative estimate of drug-likeness (QED) is 0.134. The fourth-order valence-corrected chi connectivity index (χ4v) is 8.47. The van der Waals surface area contributed by atoms with Gasteiger partial charge in [0.05, 0.1) is 13.2 Å². The van der Waals surface area contributed by atoms with Gasteiger partial charge in [-0.3, -0.25) is 0 Å². The van der Waals surface area contributed by atoms with Gasteiger partial charge >= 0.3 is 0 Å². The Labute approximate surface area is 173 Å². The van der Waals surface area contributed by atoms with Crippen molar-refractivity contribution >= 4 is 8.32 Å². The third kappa shape index (κ3) is 16.8. The summed E-state index contributed by atoms with van der Waals surface area (Å²) in [5, 5.41) is 0. The zero-order valence-corrected chi connectivity index (χ0v) is 20.5. The first-order valence-corrected chi connectivity index (χ1v) is 14.9. The van der Waals surface area contributed by atoms with Crippen molar-refractivity contribution in [2.45, 2.75) is 135 Å². The van der Waals surface area contributed by atoms with Gasteiger partial charge < -0.3 is 9.16 Å². The van der Waals surface area contributed by atoms with Crippen molar-refractivity contribution in [2.24, 2.45) is 0 Å². The Morgan fingerprint density at radius 1 is 0.481 bits per heavy atom. The summed E-state index contributed by atoms with van der Waals surface area (Å²) >= 11 is 0. The number of rotatable bonds is 22. The molecule has 0 aliphatic rings. The average Bonchev–Trinajstić information content (AvgIpc) is 2.67. The van der Waals surface area contributed by atoms with Crippen molar-refractivity contribution in [1.29, 1.82) is 0 Å². The fourth-order valence-electron chi connectivity index (χ4n) is 4.09. The van der Waals surface area contributed by atoms with Crippen molar-refractivity contribution in [3.63, 3.8) is 0 Å². The van der Waals surface area contributed by atoms with Crippen molar-refractivity contribution in [2.75, 3.05) is 20.3 Å². The Morgan fingerprint density at radius 2 is 0.852 bits per heavy atom. The fraction of sp³-hybridized carbons (Fsp3) is 1.00. The summed E-state index contributed by atoms with van der Waals surface area (Å²) in [6.45, 7) is 8.50. The van der Waals surface area contributed by atoms with Crippen LogP contribution >= 0.6 is 0 Å². The summed E-state index contributed by atoms with van der Waals surface area (Å²) in [5.41, 5.74) is 0. The molecular weight excluding hydrogens is 348 g/mol. The molecule has 0 saturated carbocycles. The van der Waals surface area contributed by atoms with Crippen LogP contribution in [-0.2, 0) is 9.16 Å². The van der Waals surface area contributed by atoms with E-state index < -0.39 is 8.32 Å². The molecule has 3 heteroatoms. The highest BCUT2D eigenvalue weighted by Crippen LogP contribution is 2.31. The molecule has 0 amide bonds. The van der Waals surface area contributed by atoms with Gasteiger partial charge in [-0.2, -0.15) is 0 Å². The molecule has 0 saturated heterocycles. The predicted molar refractivity (Wildman–Crippen MR) is 124 cm³/mol. The molecule has 0 aromatic rings. The molecule has 27 heavy (non-hydrogen) atoms. The van der Waals surface area contributed by atoms with E-state index in [4.69, 9.17) is 9.16 Å². The summed E-state index contributed by atoms with van der Waals surface area (Å²) in [4.78, 5) is 0. The van der Waals surface area contributed by atoms with E-state index in [1.165, 1.54) is 114 Å². The third-order valence-corrected chi connectivity index (χ3v) is 10.5. The minimum Gasteiger partial charge on any atom is -0.414 e. The van der Waals surface area contributed by atoms with E-state index in [-0.39, 0.29) is 0 Å². The van der Waals surface area contributed by atoms with Gasteiger partial charge in [-0.15, -0.1) is 0 Å². The second kappa shape index (κ2) is 20.9. The first-order chi connectivity index (χ1) is 13.2. The predicted octanol–water partition coefficient (Wildman–Crippen LogP) is 8.51. The van der Waals surface area contributed by atoms with Crippen LogP contribution in [0, 0.1) is 0 Å². The Balaban J connectivity index is 4.61. The number of methoxy groups -OCH3 is 1. The highest BCUT2D eigenvalue weighted by atomic mass is 28.4. The molecule has 0 aromatic carbocycles. The van der Waals surface area contributed by atoms with Gasteiger partial charge in [0.25, 0.3) is 0 Å². The highest BCUT2D eigenvalue weighted by molar-refractivity contribution is 6.73. The lowest BCUT2D eigenvalue weighted by molar-refractivity contribution is 0.140. The summed E-state index contributed by atoms with van der Waals surface area (Å²) in [5.74, 6) is 0. The molecule has 0 radical (unpaired) electrons. The first-order valence-electron chi connectivity index (χ1n) is 12.4. The van der Waals surface area contributed by atoms with Crippen LogP contribution in [0.4, 0.5) is 0 Å². The lowest BCUT2D eigenvalue weighted by atomic mass is 10.2. The summed E-state index contributed by atoms with van der Waals surface area (Å²) < 4.78 is 12.0. The van der Waals surface area contributed by atoms with E-state index in [1.807, 2.05) is 0 Å². The molecule has 0 unspecified atom stereocenters. The SMILES string of the molecule is CCCCCCC[Si](CCCCCCC)(CCCCCCC)OCCOC. The molecule has 0 fully saturated rings. The van der Waals surface area contributed by atoms with Crippen LogP contribution in [0.2, 0.25) is 18.1 Å². The van der Waals surface area contributed by atoms with Gasteiger partial charge in [-0.1, -0.05) is 117 Å². The molecule has 0 spiro atoms. The van der Waals surface area contributed by atoms with E-state index in [9.17, 15) is 0 Å². The molecule has 0 aliphatic carbocycles. The van der Waals surface area contributed by atoms with Crippen LogP contribution in [-0.4, -0.2) is 28.6 Å². The first kappa shape index (κ1) is 27.1. The Kier molecular flexibility index (Phi) is 21.0. The largest absolute Gasteiger partial charge is 0.414 e. The van der Waals surface area contributed by atoms with Crippen LogP contribution in [0.1, 0.15) is 117 Å². The normalized spacial score (nSPS) is 12.0. The third-order valence-electron chi connectivity index (χ3n) is 5.90. The van der Waals surface area contributed by atoms with Gasteiger partial charge in [-0.05, 0) is 18.1 Å². The number of hydrogen-bond acceptors (Lipinski definition) is 2. The van der Waals surface area contributed by atoms with Gasteiger partial charge in [0, 0.05) is 7.11 Å². The highest BCUT2D eigenvalue weighted by Gasteiger charge is 2.33. The second-order valence-corrected chi connectivity index (χ2v) is 12.7. The molecule has 164 valence electrons. The smallest absolute Gasteiger partial charge is 0.192 e. The molecule has 0 aromatic heterocycles. The molecule has 0 aliphatic heterocycles. The van der Waals surface area contributed by atoms with Gasteiger partial charge in [0.1, 0.15) is 0 Å².